The van der Waals surface area contributed by atoms with E-state index in [0.29, 0.717) is 0 Å². The molecule has 0 aliphatic rings. The number of Topliss-reactive ketones (excluding diaryl/α,β-unsaturated/α-hetero) is 1. The number of benzene rings is 2. The quantitative estimate of drug-likeness (QED) is 0.326. The Bertz CT molecular complexity index is 942. The van der Waals surface area contributed by atoms with Crippen molar-refractivity contribution in [3.05, 3.63) is 70.3 Å². The third-order valence-corrected chi connectivity index (χ3v) is 5.15. The number of nitrogens with two attached hydrogens (primary N) is 1. The predicted octanol–water partition coefficient (Wildman–Crippen LogP) is 1.08. The molecule has 26 heavy (non-hydrogen) atoms. The number of sulfone groups is 1. The Morgan fingerprint density at radius 3 is 2.38 bits per heavy atom. The minimum Gasteiger partial charge on any atom is -0.455 e. The van der Waals surface area contributed by atoms with E-state index in [1.165, 1.54) is 42.5 Å². The van der Waals surface area contributed by atoms with Crippen molar-refractivity contribution in [1.82, 2.24) is 0 Å². The zero-order chi connectivity index (χ0) is 19.3. The van der Waals surface area contributed by atoms with Crippen LogP contribution in [-0.2, 0) is 19.4 Å². The first-order chi connectivity index (χ1) is 12.2. The maximum absolute atomic E-state index is 12.2. The van der Waals surface area contributed by atoms with Crippen molar-refractivity contribution in [2.75, 3.05) is 6.61 Å². The molecular formula is C16H14N2O7S. The van der Waals surface area contributed by atoms with Crippen molar-refractivity contribution in [3.8, 4) is 0 Å². The van der Waals surface area contributed by atoms with E-state index in [0.717, 1.165) is 6.07 Å². The third-order valence-electron chi connectivity index (χ3n) is 3.36. The van der Waals surface area contributed by atoms with Gasteiger partial charge < -0.3 is 10.5 Å². The van der Waals surface area contributed by atoms with Crippen LogP contribution in [0.2, 0.25) is 0 Å². The molecule has 136 valence electrons. The molecule has 2 aromatic carbocycles. The summed E-state index contributed by atoms with van der Waals surface area (Å²) in [5.41, 5.74) is 5.10. The summed E-state index contributed by atoms with van der Waals surface area (Å²) < 4.78 is 29.1. The molecule has 0 saturated heterocycles. The molecule has 0 fully saturated rings. The lowest BCUT2D eigenvalue weighted by Gasteiger charge is -2.12. The number of ketones is 1. The highest BCUT2D eigenvalue weighted by Crippen LogP contribution is 2.15. The Kier molecular flexibility index (Phi) is 5.80. The molecule has 0 saturated carbocycles. The van der Waals surface area contributed by atoms with Gasteiger partial charge in [0, 0.05) is 17.7 Å². The highest BCUT2D eigenvalue weighted by Gasteiger charge is 2.32. The summed E-state index contributed by atoms with van der Waals surface area (Å²) >= 11 is 0. The van der Waals surface area contributed by atoms with Gasteiger partial charge in [0.1, 0.15) is 0 Å². The number of rotatable bonds is 7. The second-order valence-corrected chi connectivity index (χ2v) is 7.19. The van der Waals surface area contributed by atoms with Crippen molar-refractivity contribution in [2.45, 2.75) is 10.3 Å². The molecule has 0 amide bonds. The van der Waals surface area contributed by atoms with Crippen LogP contribution in [0, 0.1) is 10.1 Å². The Hall–Kier alpha value is -3.11. The topological polar surface area (TPSA) is 147 Å². The number of nitrogens with zero attached hydrogens (tertiary/aromatic N) is 1. The highest BCUT2D eigenvalue weighted by molar-refractivity contribution is 7.92. The summed E-state index contributed by atoms with van der Waals surface area (Å²) in [6.07, 6.45) is 0. The van der Waals surface area contributed by atoms with Gasteiger partial charge in [0.25, 0.3) is 5.69 Å². The van der Waals surface area contributed by atoms with E-state index in [9.17, 15) is 28.1 Å². The van der Waals surface area contributed by atoms with Crippen molar-refractivity contribution < 1.29 is 27.7 Å². The zero-order valence-electron chi connectivity index (χ0n) is 13.3. The minimum absolute atomic E-state index is 0.0495. The first kappa shape index (κ1) is 19.2. The van der Waals surface area contributed by atoms with Gasteiger partial charge in [-0.1, -0.05) is 30.3 Å². The fraction of sp³-hybridized carbons (Fsp3) is 0.125. The molecule has 9 nitrogen and oxygen atoms in total. The lowest BCUT2D eigenvalue weighted by Crippen LogP contribution is -2.40. The van der Waals surface area contributed by atoms with E-state index >= 15 is 0 Å². The van der Waals surface area contributed by atoms with E-state index < -0.39 is 38.5 Å². The number of carbonyl (C=O) groups excluding carboxylic acids is 2. The number of carbonyl (C=O) groups is 2. The summed E-state index contributed by atoms with van der Waals surface area (Å²) in [5, 5.41) is 8.70. The normalized spacial score (nSPS) is 12.2. The van der Waals surface area contributed by atoms with Crippen molar-refractivity contribution in [2.24, 2.45) is 5.73 Å². The van der Waals surface area contributed by atoms with Gasteiger partial charge in [-0.15, -0.1) is 0 Å². The van der Waals surface area contributed by atoms with Crippen LogP contribution in [0.4, 0.5) is 5.69 Å². The Morgan fingerprint density at radius 1 is 1.12 bits per heavy atom. The molecule has 1 atom stereocenters. The molecule has 0 heterocycles. The van der Waals surface area contributed by atoms with Crippen LogP contribution in [0.15, 0.2) is 59.5 Å². The van der Waals surface area contributed by atoms with Gasteiger partial charge in [0.15, 0.2) is 6.61 Å². The van der Waals surface area contributed by atoms with Crippen LogP contribution in [0.1, 0.15) is 10.4 Å². The van der Waals surface area contributed by atoms with Crippen molar-refractivity contribution in [3.63, 3.8) is 0 Å². The maximum atomic E-state index is 12.2. The summed E-state index contributed by atoms with van der Waals surface area (Å²) in [7, 11) is -4.17. The SMILES string of the molecule is NC(C(=O)OCC(=O)c1cccc([N+](=O)[O-])c1)S(=O)(=O)c1ccccc1. The molecule has 2 rings (SSSR count). The van der Waals surface area contributed by atoms with Gasteiger partial charge >= 0.3 is 5.97 Å². The van der Waals surface area contributed by atoms with Gasteiger partial charge in [-0.2, -0.15) is 0 Å². The largest absolute Gasteiger partial charge is 0.455 e. The van der Waals surface area contributed by atoms with E-state index in [-0.39, 0.29) is 16.1 Å². The average molecular weight is 378 g/mol. The van der Waals surface area contributed by atoms with E-state index in [1.54, 1.807) is 6.07 Å². The van der Waals surface area contributed by atoms with Crippen LogP contribution in [0.3, 0.4) is 0 Å². The molecule has 0 aliphatic heterocycles. The molecule has 2 N–H and O–H groups in total. The minimum atomic E-state index is -4.17. The molecule has 0 radical (unpaired) electrons. The molecule has 2 aromatic rings. The van der Waals surface area contributed by atoms with Crippen molar-refractivity contribution in [1.29, 1.82) is 0 Å². The predicted molar refractivity (Wildman–Crippen MR) is 90.0 cm³/mol. The lowest BCUT2D eigenvalue weighted by molar-refractivity contribution is -0.384. The first-order valence-corrected chi connectivity index (χ1v) is 8.77. The van der Waals surface area contributed by atoms with Gasteiger partial charge in [-0.25, -0.2) is 13.2 Å². The van der Waals surface area contributed by atoms with Crippen molar-refractivity contribution >= 4 is 27.3 Å². The van der Waals surface area contributed by atoms with Crippen LogP contribution >= 0.6 is 0 Å². The Balaban J connectivity index is 2.05. The van der Waals surface area contributed by atoms with Crippen LogP contribution in [-0.4, -0.2) is 37.1 Å². The van der Waals surface area contributed by atoms with Crippen LogP contribution in [0.5, 0.6) is 0 Å². The molecular weight excluding hydrogens is 364 g/mol. The second kappa shape index (κ2) is 7.85. The smallest absolute Gasteiger partial charge is 0.339 e. The number of hydrogen-bond donors (Lipinski definition) is 1. The number of hydrogen-bond acceptors (Lipinski definition) is 8. The second-order valence-electron chi connectivity index (χ2n) is 5.12. The molecule has 10 heteroatoms. The summed E-state index contributed by atoms with van der Waals surface area (Å²) in [6, 6.07) is 11.9. The maximum Gasteiger partial charge on any atom is 0.339 e. The summed E-state index contributed by atoms with van der Waals surface area (Å²) in [5.74, 6) is -2.03. The average Bonchev–Trinajstić information content (AvgIpc) is 2.65. The third kappa shape index (κ3) is 4.29. The number of nitro benzene ring substituents is 1. The van der Waals surface area contributed by atoms with Gasteiger partial charge in [-0.05, 0) is 12.1 Å². The zero-order valence-corrected chi connectivity index (χ0v) is 14.1. The Labute approximate surface area is 148 Å². The number of esters is 1. The lowest BCUT2D eigenvalue weighted by atomic mass is 10.1. The molecule has 0 aromatic heterocycles. The van der Waals surface area contributed by atoms with E-state index in [4.69, 9.17) is 5.73 Å². The standard InChI is InChI=1S/C16H14N2O7S/c17-15(26(23,24)13-7-2-1-3-8-13)16(20)25-10-14(19)11-5-4-6-12(9-11)18(21)22/h1-9,15H,10,17H2. The molecule has 1 unspecified atom stereocenters. The van der Waals surface area contributed by atoms with Crippen LogP contribution in [0.25, 0.3) is 0 Å². The fourth-order valence-electron chi connectivity index (χ4n) is 1.98. The monoisotopic (exact) mass is 378 g/mol. The molecule has 0 aliphatic carbocycles. The number of non-ortho nitro benzene ring substituents is 1. The number of ether oxygens (including phenoxy) is 1. The number of nitro groups is 1. The summed E-state index contributed by atoms with van der Waals surface area (Å²) in [6.45, 7) is -0.794. The first-order valence-electron chi connectivity index (χ1n) is 7.22. The molecule has 0 spiro atoms. The molecule has 0 bridgehead atoms. The summed E-state index contributed by atoms with van der Waals surface area (Å²) in [4.78, 5) is 33.7. The van der Waals surface area contributed by atoms with E-state index in [1.807, 2.05) is 0 Å². The van der Waals surface area contributed by atoms with Gasteiger partial charge in [0.2, 0.25) is 21.0 Å². The van der Waals surface area contributed by atoms with Gasteiger partial charge in [0.05, 0.1) is 9.82 Å². The fourth-order valence-corrected chi connectivity index (χ4v) is 3.13. The van der Waals surface area contributed by atoms with Crippen LogP contribution < -0.4 is 5.73 Å². The van der Waals surface area contributed by atoms with Gasteiger partial charge in [-0.3, -0.25) is 14.9 Å². The Morgan fingerprint density at radius 2 is 1.77 bits per heavy atom. The van der Waals surface area contributed by atoms with E-state index in [2.05, 4.69) is 4.74 Å². The highest BCUT2D eigenvalue weighted by atomic mass is 32.2.